The molecule has 152 valence electrons. The molecule has 0 spiro atoms. The maximum Gasteiger partial charge on any atom is 0.270 e. The lowest BCUT2D eigenvalue weighted by atomic mass is 10.0. The molecule has 0 atom stereocenters. The van der Waals surface area contributed by atoms with Crippen LogP contribution >= 0.6 is 0 Å². The third-order valence-electron chi connectivity index (χ3n) is 6.10. The number of rotatable bonds is 4. The average Bonchev–Trinajstić information content (AvgIpc) is 3.27. The zero-order chi connectivity index (χ0) is 20.8. The number of fused-ring (bicyclic) bond motifs is 2. The van der Waals surface area contributed by atoms with E-state index in [-0.39, 0.29) is 28.8 Å². The number of hydrogen-bond donors (Lipinski definition) is 1. The quantitative estimate of drug-likeness (QED) is 0.408. The fraction of sp³-hybridized carbons (Fsp3) is 0.273. The van der Waals surface area contributed by atoms with Gasteiger partial charge in [0.2, 0.25) is 0 Å². The predicted molar refractivity (Wildman–Crippen MR) is 110 cm³/mol. The minimum Gasteiger partial charge on any atom is -0.361 e. The molecule has 8 heteroatoms. The zero-order valence-electron chi connectivity index (χ0n) is 16.2. The molecule has 3 heterocycles. The molecule has 2 aliphatic rings. The number of piperidine rings is 1. The molecule has 2 aromatic carbocycles. The van der Waals surface area contributed by atoms with Crippen molar-refractivity contribution in [1.82, 2.24) is 14.8 Å². The Kier molecular flexibility index (Phi) is 4.36. The van der Waals surface area contributed by atoms with E-state index in [2.05, 4.69) is 22.0 Å². The highest BCUT2D eigenvalue weighted by Gasteiger charge is 2.41. The summed E-state index contributed by atoms with van der Waals surface area (Å²) in [6.45, 7) is 2.36. The summed E-state index contributed by atoms with van der Waals surface area (Å²) < 4.78 is 0. The second kappa shape index (κ2) is 7.07. The molecule has 3 aromatic rings. The molecule has 1 saturated heterocycles. The second-order valence-electron chi connectivity index (χ2n) is 7.83. The van der Waals surface area contributed by atoms with Crippen LogP contribution in [0.1, 0.15) is 39.1 Å². The van der Waals surface area contributed by atoms with Crippen molar-refractivity contribution in [1.29, 1.82) is 0 Å². The molecular weight excluding hydrogens is 384 g/mol. The number of nitrogens with zero attached hydrogens (tertiary/aromatic N) is 3. The largest absolute Gasteiger partial charge is 0.361 e. The van der Waals surface area contributed by atoms with Crippen molar-refractivity contribution in [2.75, 3.05) is 13.1 Å². The maximum atomic E-state index is 12.8. The summed E-state index contributed by atoms with van der Waals surface area (Å²) in [5, 5.41) is 12.2. The summed E-state index contributed by atoms with van der Waals surface area (Å²) in [4.78, 5) is 43.0. The Balaban J connectivity index is 1.28. The number of aromatic nitrogens is 1. The van der Waals surface area contributed by atoms with Crippen LogP contribution in [0.3, 0.4) is 0 Å². The zero-order valence-corrected chi connectivity index (χ0v) is 16.2. The molecule has 2 aliphatic heterocycles. The van der Waals surface area contributed by atoms with Crippen molar-refractivity contribution in [3.63, 3.8) is 0 Å². The molecule has 0 radical (unpaired) electrons. The fourth-order valence-corrected chi connectivity index (χ4v) is 4.53. The van der Waals surface area contributed by atoms with Crippen LogP contribution in [0, 0.1) is 10.1 Å². The van der Waals surface area contributed by atoms with Crippen LogP contribution in [-0.2, 0) is 6.54 Å². The second-order valence-corrected chi connectivity index (χ2v) is 7.83. The number of hydrogen-bond acceptors (Lipinski definition) is 5. The van der Waals surface area contributed by atoms with Gasteiger partial charge in [0.05, 0.1) is 16.1 Å². The number of nitro groups is 1. The van der Waals surface area contributed by atoms with Crippen LogP contribution in [-0.4, -0.2) is 50.7 Å². The summed E-state index contributed by atoms with van der Waals surface area (Å²) in [6, 6.07) is 11.9. The first kappa shape index (κ1) is 18.5. The van der Waals surface area contributed by atoms with E-state index in [0.29, 0.717) is 12.8 Å². The lowest BCUT2D eigenvalue weighted by molar-refractivity contribution is -0.384. The van der Waals surface area contributed by atoms with E-state index < -0.39 is 10.8 Å². The standard InChI is InChI=1S/C22H20N4O4/c27-21-18-6-5-16(26(29)30)11-19(18)22(28)25(21)15-7-9-24(10-8-15)13-14-12-23-20-4-2-1-3-17(14)20/h1-6,11-12,15,23H,7-10,13H2. The van der Waals surface area contributed by atoms with E-state index in [0.717, 1.165) is 25.2 Å². The van der Waals surface area contributed by atoms with Crippen LogP contribution in [0.2, 0.25) is 0 Å². The maximum absolute atomic E-state index is 12.8. The number of amides is 2. The van der Waals surface area contributed by atoms with Gasteiger partial charge in [-0.3, -0.25) is 29.5 Å². The van der Waals surface area contributed by atoms with Gasteiger partial charge >= 0.3 is 0 Å². The Hall–Kier alpha value is -3.52. The topological polar surface area (TPSA) is 99.5 Å². The third kappa shape index (κ3) is 2.96. The smallest absolute Gasteiger partial charge is 0.270 e. The van der Waals surface area contributed by atoms with E-state index in [4.69, 9.17) is 0 Å². The summed E-state index contributed by atoms with van der Waals surface area (Å²) >= 11 is 0. The molecule has 0 unspecified atom stereocenters. The number of non-ortho nitro benzene ring substituents is 1. The van der Waals surface area contributed by atoms with Crippen molar-refractivity contribution in [2.45, 2.75) is 25.4 Å². The van der Waals surface area contributed by atoms with Gasteiger partial charge in [0.25, 0.3) is 17.5 Å². The van der Waals surface area contributed by atoms with E-state index in [1.165, 1.54) is 34.0 Å². The van der Waals surface area contributed by atoms with Crippen molar-refractivity contribution < 1.29 is 14.5 Å². The van der Waals surface area contributed by atoms with Gasteiger partial charge in [-0.05, 0) is 30.5 Å². The van der Waals surface area contributed by atoms with Gasteiger partial charge in [-0.1, -0.05) is 18.2 Å². The molecule has 30 heavy (non-hydrogen) atoms. The van der Waals surface area contributed by atoms with E-state index >= 15 is 0 Å². The lowest BCUT2D eigenvalue weighted by Gasteiger charge is -2.35. The molecule has 5 rings (SSSR count). The van der Waals surface area contributed by atoms with Crippen molar-refractivity contribution in [3.05, 3.63) is 75.5 Å². The lowest BCUT2D eigenvalue weighted by Crippen LogP contribution is -2.47. The highest BCUT2D eigenvalue weighted by Crippen LogP contribution is 2.31. The van der Waals surface area contributed by atoms with E-state index in [1.807, 2.05) is 18.3 Å². The van der Waals surface area contributed by atoms with Gasteiger partial charge in [-0.2, -0.15) is 0 Å². The van der Waals surface area contributed by atoms with Crippen LogP contribution in [0.4, 0.5) is 5.69 Å². The minimum absolute atomic E-state index is 0.135. The Morgan fingerprint density at radius 2 is 1.77 bits per heavy atom. The van der Waals surface area contributed by atoms with Crippen LogP contribution < -0.4 is 0 Å². The van der Waals surface area contributed by atoms with Gasteiger partial charge in [0, 0.05) is 54.9 Å². The molecule has 1 aromatic heterocycles. The van der Waals surface area contributed by atoms with Gasteiger partial charge in [-0.15, -0.1) is 0 Å². The Morgan fingerprint density at radius 3 is 2.53 bits per heavy atom. The molecule has 0 saturated carbocycles. The normalized spacial score (nSPS) is 17.7. The minimum atomic E-state index is -0.552. The molecule has 8 nitrogen and oxygen atoms in total. The Bertz CT molecular complexity index is 1180. The van der Waals surface area contributed by atoms with Gasteiger partial charge in [0.15, 0.2) is 0 Å². The number of likely N-dealkylation sites (tertiary alicyclic amines) is 1. The molecule has 1 N–H and O–H groups in total. The van der Waals surface area contributed by atoms with Gasteiger partial charge in [0.1, 0.15) is 0 Å². The first-order valence-corrected chi connectivity index (χ1v) is 9.96. The molecule has 0 aliphatic carbocycles. The highest BCUT2D eigenvalue weighted by atomic mass is 16.6. The SMILES string of the molecule is O=C1c2ccc([N+](=O)[O-])cc2C(=O)N1C1CCN(Cc2c[nH]c3ccccc23)CC1. The van der Waals surface area contributed by atoms with Crippen LogP contribution in [0.5, 0.6) is 0 Å². The number of aromatic amines is 1. The number of benzene rings is 2. The van der Waals surface area contributed by atoms with Gasteiger partial charge < -0.3 is 4.98 Å². The number of carbonyl (C=O) groups is 2. The molecule has 1 fully saturated rings. The first-order chi connectivity index (χ1) is 14.5. The third-order valence-corrected chi connectivity index (χ3v) is 6.10. The van der Waals surface area contributed by atoms with Crippen LogP contribution in [0.15, 0.2) is 48.7 Å². The molecule has 0 bridgehead atoms. The number of carbonyl (C=O) groups excluding carboxylic acids is 2. The van der Waals surface area contributed by atoms with E-state index in [9.17, 15) is 19.7 Å². The summed E-state index contributed by atoms with van der Waals surface area (Å²) in [6.07, 6.45) is 3.42. The number of imide groups is 1. The van der Waals surface area contributed by atoms with Crippen molar-refractivity contribution in [3.8, 4) is 0 Å². The Morgan fingerprint density at radius 1 is 1.03 bits per heavy atom. The molecule has 2 amide bonds. The van der Waals surface area contributed by atoms with Crippen LogP contribution in [0.25, 0.3) is 10.9 Å². The predicted octanol–water partition coefficient (Wildman–Crippen LogP) is 3.34. The summed E-state index contributed by atoms with van der Waals surface area (Å²) in [5.41, 5.74) is 2.56. The fourth-order valence-electron chi connectivity index (χ4n) is 4.53. The van der Waals surface area contributed by atoms with Crippen molar-refractivity contribution in [2.24, 2.45) is 0 Å². The summed E-state index contributed by atoms with van der Waals surface area (Å²) in [5.74, 6) is -0.770. The number of H-pyrrole nitrogens is 1. The Labute approximate surface area is 172 Å². The summed E-state index contributed by atoms with van der Waals surface area (Å²) in [7, 11) is 0. The monoisotopic (exact) mass is 404 g/mol. The van der Waals surface area contributed by atoms with Crippen molar-refractivity contribution >= 4 is 28.4 Å². The van der Waals surface area contributed by atoms with E-state index in [1.54, 1.807) is 0 Å². The van der Waals surface area contributed by atoms with Gasteiger partial charge in [-0.25, -0.2) is 0 Å². The highest BCUT2D eigenvalue weighted by molar-refractivity contribution is 6.21. The number of nitrogens with one attached hydrogen (secondary N) is 1. The first-order valence-electron chi connectivity index (χ1n) is 9.96. The molecular formula is C22H20N4O4. The number of para-hydroxylation sites is 1. The number of nitro benzene ring substituents is 1. The average molecular weight is 404 g/mol.